The Morgan fingerprint density at radius 2 is 2.29 bits per heavy atom. The van der Waals surface area contributed by atoms with Gasteiger partial charge in [0.05, 0.1) is 18.4 Å². The molecule has 5 nitrogen and oxygen atoms in total. The van der Waals surface area contributed by atoms with Crippen LogP contribution in [0, 0.1) is 0 Å². The lowest BCUT2D eigenvalue weighted by molar-refractivity contribution is 0.648. The third-order valence-electron chi connectivity index (χ3n) is 2.44. The van der Waals surface area contributed by atoms with Gasteiger partial charge in [0.1, 0.15) is 0 Å². The zero-order chi connectivity index (χ0) is 12.7. The summed E-state index contributed by atoms with van der Waals surface area (Å²) in [6, 6.07) is 1.61. The summed E-state index contributed by atoms with van der Waals surface area (Å²) in [7, 11) is 1.96. The summed E-state index contributed by atoms with van der Waals surface area (Å²) in [5, 5.41) is 4.12. The molecule has 0 aliphatic carbocycles. The van der Waals surface area contributed by atoms with Crippen LogP contribution in [-0.2, 0) is 6.54 Å². The molecule has 0 amide bonds. The quantitative estimate of drug-likeness (QED) is 0.735. The van der Waals surface area contributed by atoms with Gasteiger partial charge in [0.15, 0.2) is 0 Å². The molecule has 1 heterocycles. The molecule has 2 N–H and O–H groups in total. The fourth-order valence-electron chi connectivity index (χ4n) is 1.51. The van der Waals surface area contributed by atoms with Gasteiger partial charge in [-0.25, -0.2) is 4.68 Å². The van der Waals surface area contributed by atoms with Crippen LogP contribution in [0.5, 0.6) is 0 Å². The van der Waals surface area contributed by atoms with Crippen molar-refractivity contribution >= 4 is 5.69 Å². The Kier molecular flexibility index (Phi) is 5.42. The zero-order valence-electron chi connectivity index (χ0n) is 10.5. The maximum Gasteiger partial charge on any atom is 0.269 e. The summed E-state index contributed by atoms with van der Waals surface area (Å²) >= 11 is 0. The molecule has 0 spiro atoms. The van der Waals surface area contributed by atoms with Crippen LogP contribution in [0.15, 0.2) is 29.2 Å². The highest BCUT2D eigenvalue weighted by atomic mass is 16.1. The number of aromatic nitrogens is 2. The van der Waals surface area contributed by atoms with Gasteiger partial charge in [-0.1, -0.05) is 19.1 Å². The number of hydrogen-bond acceptors (Lipinski definition) is 4. The van der Waals surface area contributed by atoms with Crippen molar-refractivity contribution in [2.24, 2.45) is 5.73 Å². The fourth-order valence-corrected chi connectivity index (χ4v) is 1.51. The number of anilines is 1. The molecule has 1 aromatic rings. The first-order chi connectivity index (χ1) is 8.19. The SMILES string of the molecule is CCCN(C)c1cnn(C/C=C/CN)c(=O)c1. The number of allylic oxidation sites excluding steroid dienone is 1. The van der Waals surface area contributed by atoms with E-state index in [1.165, 1.54) is 4.68 Å². The minimum absolute atomic E-state index is 0.0906. The van der Waals surface area contributed by atoms with E-state index in [1.54, 1.807) is 12.3 Å². The minimum atomic E-state index is -0.0906. The summed E-state index contributed by atoms with van der Waals surface area (Å²) in [6.07, 6.45) is 6.40. The fraction of sp³-hybridized carbons (Fsp3) is 0.500. The van der Waals surface area contributed by atoms with Crippen LogP contribution in [0.4, 0.5) is 5.69 Å². The molecule has 5 heteroatoms. The molecular weight excluding hydrogens is 216 g/mol. The van der Waals surface area contributed by atoms with E-state index in [9.17, 15) is 4.79 Å². The molecule has 0 radical (unpaired) electrons. The first-order valence-electron chi connectivity index (χ1n) is 5.82. The van der Waals surface area contributed by atoms with Crippen LogP contribution in [-0.4, -0.2) is 29.9 Å². The molecule has 17 heavy (non-hydrogen) atoms. The topological polar surface area (TPSA) is 64.2 Å². The molecule has 0 aliphatic heterocycles. The minimum Gasteiger partial charge on any atom is -0.373 e. The van der Waals surface area contributed by atoms with E-state index in [0.29, 0.717) is 13.1 Å². The Labute approximate surface area is 102 Å². The summed E-state index contributed by atoms with van der Waals surface area (Å²) in [6.45, 7) is 3.96. The van der Waals surface area contributed by atoms with Crippen molar-refractivity contribution in [3.63, 3.8) is 0 Å². The second-order valence-electron chi connectivity index (χ2n) is 3.86. The Morgan fingerprint density at radius 3 is 2.88 bits per heavy atom. The highest BCUT2D eigenvalue weighted by molar-refractivity contribution is 5.41. The van der Waals surface area contributed by atoms with E-state index in [0.717, 1.165) is 18.7 Å². The van der Waals surface area contributed by atoms with Gasteiger partial charge in [0, 0.05) is 26.2 Å². The smallest absolute Gasteiger partial charge is 0.269 e. The number of hydrogen-bond donors (Lipinski definition) is 1. The standard InChI is InChI=1S/C12H20N4O/c1-3-7-15(2)11-9-12(17)16(14-10-11)8-5-4-6-13/h4-5,9-10H,3,6-8,13H2,1-2H3/b5-4+. The maximum atomic E-state index is 11.8. The Bertz CT molecular complexity index is 425. The molecule has 0 bridgehead atoms. The zero-order valence-corrected chi connectivity index (χ0v) is 10.5. The average Bonchev–Trinajstić information content (AvgIpc) is 2.31. The number of nitrogens with zero attached hydrogens (tertiary/aromatic N) is 3. The van der Waals surface area contributed by atoms with Crippen LogP contribution in [0.25, 0.3) is 0 Å². The van der Waals surface area contributed by atoms with Crippen LogP contribution in [0.2, 0.25) is 0 Å². The van der Waals surface area contributed by atoms with Crippen molar-refractivity contribution in [2.45, 2.75) is 19.9 Å². The van der Waals surface area contributed by atoms with E-state index in [-0.39, 0.29) is 5.56 Å². The first kappa shape index (κ1) is 13.4. The molecule has 94 valence electrons. The summed E-state index contributed by atoms with van der Waals surface area (Å²) < 4.78 is 1.41. The molecule has 0 aliphatic rings. The molecule has 0 unspecified atom stereocenters. The predicted molar refractivity (Wildman–Crippen MR) is 70.3 cm³/mol. The van der Waals surface area contributed by atoms with Crippen LogP contribution < -0.4 is 16.2 Å². The van der Waals surface area contributed by atoms with Crippen LogP contribution in [0.1, 0.15) is 13.3 Å². The molecule has 0 saturated heterocycles. The Morgan fingerprint density at radius 1 is 1.53 bits per heavy atom. The van der Waals surface area contributed by atoms with Crippen molar-refractivity contribution < 1.29 is 0 Å². The summed E-state index contributed by atoms with van der Waals surface area (Å²) in [5.41, 5.74) is 6.09. The maximum absolute atomic E-state index is 11.8. The molecular formula is C12H20N4O. The van der Waals surface area contributed by atoms with Gasteiger partial charge in [-0.15, -0.1) is 0 Å². The molecule has 0 fully saturated rings. The normalized spacial score (nSPS) is 11.0. The van der Waals surface area contributed by atoms with E-state index >= 15 is 0 Å². The van der Waals surface area contributed by atoms with E-state index in [1.807, 2.05) is 24.1 Å². The lowest BCUT2D eigenvalue weighted by atomic mass is 10.3. The van der Waals surface area contributed by atoms with Crippen molar-refractivity contribution in [3.05, 3.63) is 34.8 Å². The number of nitrogens with two attached hydrogens (primary N) is 1. The van der Waals surface area contributed by atoms with E-state index in [2.05, 4.69) is 12.0 Å². The van der Waals surface area contributed by atoms with Gasteiger partial charge in [-0.05, 0) is 6.42 Å². The van der Waals surface area contributed by atoms with Crippen molar-refractivity contribution in [1.29, 1.82) is 0 Å². The second kappa shape index (κ2) is 6.85. The van der Waals surface area contributed by atoms with Gasteiger partial charge in [0.2, 0.25) is 0 Å². The van der Waals surface area contributed by atoms with Crippen LogP contribution >= 0.6 is 0 Å². The summed E-state index contributed by atoms with van der Waals surface area (Å²) in [4.78, 5) is 13.8. The third-order valence-corrected chi connectivity index (χ3v) is 2.44. The largest absolute Gasteiger partial charge is 0.373 e. The monoisotopic (exact) mass is 236 g/mol. The summed E-state index contributed by atoms with van der Waals surface area (Å²) in [5.74, 6) is 0. The molecule has 1 aromatic heterocycles. The molecule has 0 saturated carbocycles. The number of rotatable bonds is 6. The molecule has 0 atom stereocenters. The van der Waals surface area contributed by atoms with Gasteiger partial charge in [-0.3, -0.25) is 4.79 Å². The Hall–Kier alpha value is -1.62. The first-order valence-corrected chi connectivity index (χ1v) is 5.82. The molecule has 1 rings (SSSR count). The van der Waals surface area contributed by atoms with Gasteiger partial charge in [0.25, 0.3) is 5.56 Å². The van der Waals surface area contributed by atoms with Crippen LogP contribution in [0.3, 0.4) is 0 Å². The molecule has 0 aromatic carbocycles. The lowest BCUT2D eigenvalue weighted by Crippen LogP contribution is -2.25. The van der Waals surface area contributed by atoms with Crippen molar-refractivity contribution in [2.75, 3.05) is 25.0 Å². The third kappa shape index (κ3) is 4.03. The second-order valence-corrected chi connectivity index (χ2v) is 3.86. The van der Waals surface area contributed by atoms with Crippen molar-refractivity contribution in [3.8, 4) is 0 Å². The highest BCUT2D eigenvalue weighted by Crippen LogP contribution is 2.06. The van der Waals surface area contributed by atoms with Crippen molar-refractivity contribution in [1.82, 2.24) is 9.78 Å². The van der Waals surface area contributed by atoms with E-state index in [4.69, 9.17) is 5.73 Å². The van der Waals surface area contributed by atoms with Gasteiger partial charge in [-0.2, -0.15) is 5.10 Å². The van der Waals surface area contributed by atoms with E-state index < -0.39 is 0 Å². The average molecular weight is 236 g/mol. The highest BCUT2D eigenvalue weighted by Gasteiger charge is 2.02. The Balaban J connectivity index is 2.79. The predicted octanol–water partition coefficient (Wildman–Crippen LogP) is 0.604. The lowest BCUT2D eigenvalue weighted by Gasteiger charge is -2.17. The van der Waals surface area contributed by atoms with Gasteiger partial charge < -0.3 is 10.6 Å². The van der Waals surface area contributed by atoms with Gasteiger partial charge >= 0.3 is 0 Å².